The van der Waals surface area contributed by atoms with E-state index in [1.54, 1.807) is 34.6 Å². The maximum atomic E-state index is 11.3. The molecule has 0 fully saturated rings. The van der Waals surface area contributed by atoms with Gasteiger partial charge in [0.05, 0.1) is 0 Å². The lowest BCUT2D eigenvalue weighted by atomic mass is 10.2. The molecule has 0 aromatic rings. The van der Waals surface area contributed by atoms with Crippen LogP contribution in [0.5, 0.6) is 0 Å². The molecule has 0 radical (unpaired) electrons. The van der Waals surface area contributed by atoms with Gasteiger partial charge in [-0.1, -0.05) is 13.8 Å². The summed E-state index contributed by atoms with van der Waals surface area (Å²) in [5.41, 5.74) is -0.630. The van der Waals surface area contributed by atoms with Crippen LogP contribution in [-0.2, 0) is 19.0 Å². The molecule has 94 valence electrons. The largest absolute Gasteiger partial charge is 0.511 e. The molecule has 0 rings (SSSR count). The van der Waals surface area contributed by atoms with Crippen LogP contribution in [0.15, 0.2) is 0 Å². The number of carbonyl (C=O) groups excluding carboxylic acids is 2. The number of hydrogen-bond acceptors (Lipinski definition) is 5. The van der Waals surface area contributed by atoms with Gasteiger partial charge in [-0.3, -0.25) is 4.79 Å². The molecule has 0 N–H and O–H groups in total. The lowest BCUT2D eigenvalue weighted by Gasteiger charge is -2.24. The molecule has 0 bridgehead atoms. The van der Waals surface area contributed by atoms with E-state index in [9.17, 15) is 9.59 Å². The molecule has 0 aromatic carbocycles. The Morgan fingerprint density at radius 3 is 1.88 bits per heavy atom. The summed E-state index contributed by atoms with van der Waals surface area (Å²) in [7, 11) is 0. The van der Waals surface area contributed by atoms with Crippen LogP contribution in [0, 0.1) is 5.92 Å². The molecule has 0 aliphatic carbocycles. The van der Waals surface area contributed by atoms with E-state index in [0.29, 0.717) is 0 Å². The van der Waals surface area contributed by atoms with Gasteiger partial charge in [-0.05, 0) is 20.8 Å². The second-order valence-corrected chi connectivity index (χ2v) is 4.80. The summed E-state index contributed by atoms with van der Waals surface area (Å²) >= 11 is 0. The molecule has 5 nitrogen and oxygen atoms in total. The van der Waals surface area contributed by atoms with E-state index in [1.165, 1.54) is 6.92 Å². The van der Waals surface area contributed by atoms with Crippen molar-refractivity contribution >= 4 is 12.1 Å². The number of esters is 1. The van der Waals surface area contributed by atoms with E-state index in [4.69, 9.17) is 14.2 Å². The quantitative estimate of drug-likeness (QED) is 0.552. The molecule has 0 aliphatic heterocycles. The molecule has 0 unspecified atom stereocenters. The fourth-order valence-electron chi connectivity index (χ4n) is 0.829. The number of carbonyl (C=O) groups is 2. The van der Waals surface area contributed by atoms with E-state index in [0.717, 1.165) is 0 Å². The standard InChI is InChI=1S/C11H20O5/c1-7(2)9(14-8(3)12)15-10(13)16-11(4,5)6/h7,9H,1-6H3/t9-/m1/s1. The Hall–Kier alpha value is -1.26. The maximum Gasteiger partial charge on any atom is 0.511 e. The minimum atomic E-state index is -0.910. The summed E-state index contributed by atoms with van der Waals surface area (Å²) in [6.45, 7) is 9.99. The Bertz CT molecular complexity index is 252. The van der Waals surface area contributed by atoms with E-state index in [-0.39, 0.29) is 5.92 Å². The van der Waals surface area contributed by atoms with Gasteiger partial charge in [0.15, 0.2) is 0 Å². The Kier molecular flexibility index (Phi) is 5.27. The zero-order valence-corrected chi connectivity index (χ0v) is 10.7. The average Bonchev–Trinajstić information content (AvgIpc) is 1.97. The van der Waals surface area contributed by atoms with Crippen LogP contribution in [0.3, 0.4) is 0 Å². The topological polar surface area (TPSA) is 61.8 Å². The van der Waals surface area contributed by atoms with Gasteiger partial charge < -0.3 is 14.2 Å². The first kappa shape index (κ1) is 14.7. The summed E-state index contributed by atoms with van der Waals surface area (Å²) in [4.78, 5) is 22.1. The third kappa shape index (κ3) is 7.09. The predicted octanol–water partition coefficient (Wildman–Crippen LogP) is 2.48. The third-order valence-electron chi connectivity index (χ3n) is 1.43. The average molecular weight is 232 g/mol. The maximum absolute atomic E-state index is 11.3. The Balaban J connectivity index is 4.30. The van der Waals surface area contributed by atoms with Gasteiger partial charge in [0.1, 0.15) is 5.60 Å². The highest BCUT2D eigenvalue weighted by Gasteiger charge is 2.25. The molecule has 0 aromatic heterocycles. The first-order valence-corrected chi connectivity index (χ1v) is 5.18. The second kappa shape index (κ2) is 5.72. The summed E-state index contributed by atoms with van der Waals surface area (Å²) < 4.78 is 14.7. The molecule has 1 atom stereocenters. The number of ether oxygens (including phenoxy) is 3. The van der Waals surface area contributed by atoms with Crippen molar-refractivity contribution in [3.8, 4) is 0 Å². The molecular weight excluding hydrogens is 212 g/mol. The zero-order valence-electron chi connectivity index (χ0n) is 10.7. The van der Waals surface area contributed by atoms with Crippen molar-refractivity contribution < 1.29 is 23.8 Å². The van der Waals surface area contributed by atoms with Crippen LogP contribution in [0.4, 0.5) is 4.79 Å². The minimum Gasteiger partial charge on any atom is -0.428 e. The molecule has 0 saturated carbocycles. The van der Waals surface area contributed by atoms with Crippen molar-refractivity contribution in [2.75, 3.05) is 0 Å². The highest BCUT2D eigenvalue weighted by molar-refractivity contribution is 5.66. The highest BCUT2D eigenvalue weighted by atomic mass is 16.8. The minimum absolute atomic E-state index is 0.128. The normalized spacial score (nSPS) is 13.2. The first-order chi connectivity index (χ1) is 7.11. The molecule has 0 spiro atoms. The Morgan fingerprint density at radius 2 is 1.56 bits per heavy atom. The van der Waals surface area contributed by atoms with Gasteiger partial charge in [-0.25, -0.2) is 4.79 Å². The summed E-state index contributed by atoms with van der Waals surface area (Å²) in [5, 5.41) is 0. The predicted molar refractivity (Wildman–Crippen MR) is 57.7 cm³/mol. The van der Waals surface area contributed by atoms with Crippen molar-refractivity contribution in [3.05, 3.63) is 0 Å². The van der Waals surface area contributed by atoms with Crippen LogP contribution < -0.4 is 0 Å². The molecule has 0 aliphatic rings. The molecular formula is C11H20O5. The van der Waals surface area contributed by atoms with E-state index in [1.807, 2.05) is 0 Å². The molecule has 0 heterocycles. The monoisotopic (exact) mass is 232 g/mol. The van der Waals surface area contributed by atoms with Gasteiger partial charge in [-0.2, -0.15) is 0 Å². The van der Waals surface area contributed by atoms with Crippen LogP contribution in [-0.4, -0.2) is 24.0 Å². The Morgan fingerprint density at radius 1 is 1.06 bits per heavy atom. The van der Waals surface area contributed by atoms with Gasteiger partial charge >= 0.3 is 12.1 Å². The van der Waals surface area contributed by atoms with Gasteiger partial charge in [0, 0.05) is 12.8 Å². The van der Waals surface area contributed by atoms with Crippen molar-refractivity contribution in [2.45, 2.75) is 53.4 Å². The molecule has 5 heteroatoms. The second-order valence-electron chi connectivity index (χ2n) is 4.80. The number of hydrogen-bond donors (Lipinski definition) is 0. The van der Waals surface area contributed by atoms with Crippen LogP contribution >= 0.6 is 0 Å². The van der Waals surface area contributed by atoms with Gasteiger partial charge in [-0.15, -0.1) is 0 Å². The van der Waals surface area contributed by atoms with E-state index < -0.39 is 24.0 Å². The third-order valence-corrected chi connectivity index (χ3v) is 1.43. The summed E-state index contributed by atoms with van der Waals surface area (Å²) in [6.07, 6.45) is -1.75. The van der Waals surface area contributed by atoms with Gasteiger partial charge in [0.2, 0.25) is 0 Å². The first-order valence-electron chi connectivity index (χ1n) is 5.18. The fraction of sp³-hybridized carbons (Fsp3) is 0.818. The van der Waals surface area contributed by atoms with Crippen LogP contribution in [0.2, 0.25) is 0 Å². The van der Waals surface area contributed by atoms with Gasteiger partial charge in [0.25, 0.3) is 6.29 Å². The van der Waals surface area contributed by atoms with E-state index >= 15 is 0 Å². The van der Waals surface area contributed by atoms with Crippen molar-refractivity contribution in [2.24, 2.45) is 5.92 Å². The molecule has 0 amide bonds. The van der Waals surface area contributed by atoms with Crippen molar-refractivity contribution in [1.82, 2.24) is 0 Å². The highest BCUT2D eigenvalue weighted by Crippen LogP contribution is 2.13. The fourth-order valence-corrected chi connectivity index (χ4v) is 0.829. The van der Waals surface area contributed by atoms with Crippen LogP contribution in [0.25, 0.3) is 0 Å². The molecule has 0 saturated heterocycles. The lowest BCUT2D eigenvalue weighted by Crippen LogP contribution is -2.32. The smallest absolute Gasteiger partial charge is 0.428 e. The molecule has 16 heavy (non-hydrogen) atoms. The zero-order chi connectivity index (χ0) is 12.9. The summed E-state index contributed by atoms with van der Waals surface area (Å²) in [5.74, 6) is -0.626. The summed E-state index contributed by atoms with van der Waals surface area (Å²) in [6, 6.07) is 0. The number of rotatable bonds is 3. The van der Waals surface area contributed by atoms with E-state index in [2.05, 4.69) is 0 Å². The van der Waals surface area contributed by atoms with Crippen LogP contribution in [0.1, 0.15) is 41.5 Å². The Labute approximate surface area is 96.1 Å². The SMILES string of the molecule is CC(=O)O[C@H](OC(=O)OC(C)(C)C)C(C)C. The van der Waals surface area contributed by atoms with Crippen molar-refractivity contribution in [3.63, 3.8) is 0 Å². The van der Waals surface area contributed by atoms with Crippen molar-refractivity contribution in [1.29, 1.82) is 0 Å². The lowest BCUT2D eigenvalue weighted by molar-refractivity contribution is -0.179.